The fourth-order valence-electron chi connectivity index (χ4n) is 2.78. The van der Waals surface area contributed by atoms with E-state index in [-0.39, 0.29) is 31.4 Å². The molecule has 1 N–H and O–H groups in total. The Morgan fingerprint density at radius 2 is 1.88 bits per heavy atom. The minimum absolute atomic E-state index is 0.111. The van der Waals surface area contributed by atoms with E-state index in [9.17, 15) is 9.90 Å². The first-order valence-corrected chi connectivity index (χ1v) is 9.00. The summed E-state index contributed by atoms with van der Waals surface area (Å²) in [6, 6.07) is 5.92. The molecule has 25 heavy (non-hydrogen) atoms. The number of benzene rings is 1. The van der Waals surface area contributed by atoms with E-state index >= 15 is 0 Å². The topological polar surface area (TPSA) is 74.2 Å². The van der Waals surface area contributed by atoms with E-state index in [1.54, 1.807) is 0 Å². The van der Waals surface area contributed by atoms with Crippen LogP contribution in [0.4, 0.5) is 0 Å². The Bertz CT molecular complexity index is 495. The van der Waals surface area contributed by atoms with E-state index < -0.39 is 5.97 Å². The Labute approximate surface area is 149 Å². The highest BCUT2D eigenvalue weighted by atomic mass is 16.7. The molecule has 0 aromatic heterocycles. The van der Waals surface area contributed by atoms with Crippen molar-refractivity contribution in [3.05, 3.63) is 29.8 Å². The summed E-state index contributed by atoms with van der Waals surface area (Å²) in [6.07, 6.45) is 5.72. The van der Waals surface area contributed by atoms with Gasteiger partial charge < -0.3 is 24.1 Å². The van der Waals surface area contributed by atoms with Gasteiger partial charge >= 0.3 is 5.97 Å². The van der Waals surface area contributed by atoms with Crippen LogP contribution < -0.4 is 0 Å². The molecule has 2 rings (SSSR count). The largest absolute Gasteiger partial charge is 0.508 e. The average Bonchev–Trinajstić information content (AvgIpc) is 2.63. The van der Waals surface area contributed by atoms with Crippen molar-refractivity contribution >= 4 is 5.97 Å². The van der Waals surface area contributed by atoms with Gasteiger partial charge in [-0.1, -0.05) is 19.3 Å². The number of ether oxygens (including phenoxy) is 4. The van der Waals surface area contributed by atoms with Gasteiger partial charge in [0.2, 0.25) is 0 Å². The van der Waals surface area contributed by atoms with Crippen molar-refractivity contribution in [2.24, 2.45) is 0 Å². The summed E-state index contributed by atoms with van der Waals surface area (Å²) >= 11 is 0. The van der Waals surface area contributed by atoms with Crippen LogP contribution >= 0.6 is 0 Å². The van der Waals surface area contributed by atoms with E-state index in [0.717, 1.165) is 12.8 Å². The van der Waals surface area contributed by atoms with Gasteiger partial charge in [0.15, 0.2) is 6.29 Å². The maximum atomic E-state index is 11.8. The van der Waals surface area contributed by atoms with E-state index in [2.05, 4.69) is 0 Å². The summed E-state index contributed by atoms with van der Waals surface area (Å²) in [6.45, 7) is 3.25. The first-order valence-electron chi connectivity index (χ1n) is 9.00. The molecule has 6 heteroatoms. The van der Waals surface area contributed by atoms with Crippen molar-refractivity contribution in [2.45, 2.75) is 51.4 Å². The van der Waals surface area contributed by atoms with Gasteiger partial charge in [-0.05, 0) is 44.0 Å². The zero-order valence-electron chi connectivity index (χ0n) is 14.8. The molecule has 1 aliphatic rings. The lowest BCUT2D eigenvalue weighted by molar-refractivity contribution is -0.199. The molecule has 1 unspecified atom stereocenters. The first kappa shape index (κ1) is 19.7. The number of esters is 1. The number of hydrogen-bond donors (Lipinski definition) is 1. The van der Waals surface area contributed by atoms with Gasteiger partial charge in [0.05, 0.1) is 24.9 Å². The predicted molar refractivity (Wildman–Crippen MR) is 92.6 cm³/mol. The summed E-state index contributed by atoms with van der Waals surface area (Å²) in [5.41, 5.74) is 0.394. The predicted octanol–water partition coefficient (Wildman–Crippen LogP) is 3.28. The van der Waals surface area contributed by atoms with Crippen molar-refractivity contribution in [1.82, 2.24) is 0 Å². The monoisotopic (exact) mass is 352 g/mol. The van der Waals surface area contributed by atoms with Crippen molar-refractivity contribution in [3.63, 3.8) is 0 Å². The summed E-state index contributed by atoms with van der Waals surface area (Å²) in [4.78, 5) is 11.8. The SMILES string of the molecule is CCOC(COCCOC(=O)c1ccc(O)cc1)OC1CCCCC1. The minimum atomic E-state index is -0.441. The van der Waals surface area contributed by atoms with Gasteiger partial charge in [0.25, 0.3) is 0 Å². The maximum absolute atomic E-state index is 11.8. The number of phenols is 1. The molecule has 1 aliphatic carbocycles. The summed E-state index contributed by atoms with van der Waals surface area (Å²) in [5.74, 6) is -0.330. The molecule has 1 aromatic rings. The number of phenolic OH excluding ortho intramolecular Hbond substituents is 1. The van der Waals surface area contributed by atoms with Crippen LogP contribution in [0.5, 0.6) is 5.75 Å². The van der Waals surface area contributed by atoms with E-state index in [1.165, 1.54) is 43.5 Å². The molecule has 1 saturated carbocycles. The highest BCUT2D eigenvalue weighted by molar-refractivity contribution is 5.89. The van der Waals surface area contributed by atoms with E-state index in [1.807, 2.05) is 6.92 Å². The Balaban J connectivity index is 1.62. The van der Waals surface area contributed by atoms with Crippen molar-refractivity contribution in [3.8, 4) is 5.75 Å². The second-order valence-electron chi connectivity index (χ2n) is 6.04. The van der Waals surface area contributed by atoms with Crippen LogP contribution in [0, 0.1) is 0 Å². The molecule has 0 amide bonds. The minimum Gasteiger partial charge on any atom is -0.508 e. The zero-order chi connectivity index (χ0) is 17.9. The average molecular weight is 352 g/mol. The second-order valence-corrected chi connectivity index (χ2v) is 6.04. The van der Waals surface area contributed by atoms with Gasteiger partial charge in [-0.15, -0.1) is 0 Å². The molecule has 0 heterocycles. The lowest BCUT2D eigenvalue weighted by Gasteiger charge is -2.27. The maximum Gasteiger partial charge on any atom is 0.338 e. The third-order valence-corrected chi connectivity index (χ3v) is 4.07. The first-order chi connectivity index (χ1) is 12.2. The van der Waals surface area contributed by atoms with Crippen LogP contribution in [0.15, 0.2) is 24.3 Å². The third-order valence-electron chi connectivity index (χ3n) is 4.07. The standard InChI is InChI=1S/C19H28O6/c1-2-23-18(25-17-6-4-3-5-7-17)14-22-12-13-24-19(21)15-8-10-16(20)11-9-15/h8-11,17-18,20H,2-7,12-14H2,1H3. The van der Waals surface area contributed by atoms with Crippen molar-refractivity contribution < 1.29 is 28.8 Å². The molecular formula is C19H28O6. The zero-order valence-corrected chi connectivity index (χ0v) is 14.8. The molecule has 0 saturated heterocycles. The lowest BCUT2D eigenvalue weighted by Crippen LogP contribution is -2.30. The summed E-state index contributed by atoms with van der Waals surface area (Å²) in [7, 11) is 0. The fourth-order valence-corrected chi connectivity index (χ4v) is 2.78. The van der Waals surface area contributed by atoms with Crippen LogP contribution in [0.25, 0.3) is 0 Å². The number of aromatic hydroxyl groups is 1. The van der Waals surface area contributed by atoms with E-state index in [0.29, 0.717) is 18.8 Å². The molecule has 1 fully saturated rings. The number of carbonyl (C=O) groups is 1. The molecule has 0 spiro atoms. The Kier molecular flexibility index (Phi) is 8.72. The molecule has 6 nitrogen and oxygen atoms in total. The smallest absolute Gasteiger partial charge is 0.338 e. The lowest BCUT2D eigenvalue weighted by atomic mass is 9.98. The van der Waals surface area contributed by atoms with Gasteiger partial charge in [0, 0.05) is 6.61 Å². The van der Waals surface area contributed by atoms with Crippen LogP contribution in [-0.4, -0.2) is 49.9 Å². The van der Waals surface area contributed by atoms with Crippen LogP contribution in [0.1, 0.15) is 49.4 Å². The van der Waals surface area contributed by atoms with Crippen LogP contribution in [0.2, 0.25) is 0 Å². The van der Waals surface area contributed by atoms with Crippen molar-refractivity contribution in [2.75, 3.05) is 26.4 Å². The molecule has 1 aromatic carbocycles. The van der Waals surface area contributed by atoms with Crippen LogP contribution in [-0.2, 0) is 18.9 Å². The second kappa shape index (κ2) is 11.1. The Hall–Kier alpha value is -1.63. The van der Waals surface area contributed by atoms with Gasteiger partial charge in [0.1, 0.15) is 12.4 Å². The quantitative estimate of drug-likeness (QED) is 0.396. The van der Waals surface area contributed by atoms with Gasteiger partial charge in [-0.25, -0.2) is 4.79 Å². The van der Waals surface area contributed by atoms with Gasteiger partial charge in [-0.2, -0.15) is 0 Å². The molecule has 1 atom stereocenters. The Morgan fingerprint density at radius 1 is 1.16 bits per heavy atom. The fraction of sp³-hybridized carbons (Fsp3) is 0.632. The normalized spacial score (nSPS) is 16.5. The number of rotatable bonds is 10. The third kappa shape index (κ3) is 7.42. The number of hydrogen-bond acceptors (Lipinski definition) is 6. The molecule has 0 bridgehead atoms. The van der Waals surface area contributed by atoms with Crippen molar-refractivity contribution in [1.29, 1.82) is 0 Å². The molecule has 140 valence electrons. The Morgan fingerprint density at radius 3 is 2.56 bits per heavy atom. The highest BCUT2D eigenvalue weighted by Gasteiger charge is 2.19. The highest BCUT2D eigenvalue weighted by Crippen LogP contribution is 2.21. The molecule has 0 aliphatic heterocycles. The van der Waals surface area contributed by atoms with Crippen LogP contribution in [0.3, 0.4) is 0 Å². The molecular weight excluding hydrogens is 324 g/mol. The van der Waals surface area contributed by atoms with E-state index in [4.69, 9.17) is 18.9 Å². The number of carbonyl (C=O) groups excluding carboxylic acids is 1. The summed E-state index contributed by atoms with van der Waals surface area (Å²) < 4.78 is 22.2. The summed E-state index contributed by atoms with van der Waals surface area (Å²) in [5, 5.41) is 9.20. The molecule has 0 radical (unpaired) electrons. The van der Waals surface area contributed by atoms with Gasteiger partial charge in [-0.3, -0.25) is 0 Å².